The van der Waals surface area contributed by atoms with Crippen LogP contribution >= 0.6 is 11.3 Å². The van der Waals surface area contributed by atoms with Crippen LogP contribution in [0.15, 0.2) is 30.3 Å². The number of hydrogen-bond acceptors (Lipinski definition) is 4. The van der Waals surface area contributed by atoms with Crippen LogP contribution in [0.1, 0.15) is 41.4 Å². The summed E-state index contributed by atoms with van der Waals surface area (Å²) >= 11 is 1.29. The van der Waals surface area contributed by atoms with Crippen LogP contribution in [0, 0.1) is 0 Å². The average Bonchev–Trinajstić information content (AvgIpc) is 2.93. The summed E-state index contributed by atoms with van der Waals surface area (Å²) in [5.74, 6) is -0.903. The van der Waals surface area contributed by atoms with Gasteiger partial charge in [0.1, 0.15) is 9.88 Å². The van der Waals surface area contributed by atoms with Crippen LogP contribution in [0.3, 0.4) is 0 Å². The topological polar surface area (TPSA) is 53.4 Å². The maximum Gasteiger partial charge on any atom is 0.348 e. The highest BCUT2D eigenvalue weighted by Gasteiger charge is 2.19. The Labute approximate surface area is 135 Å². The van der Waals surface area contributed by atoms with E-state index in [2.05, 4.69) is 23.7 Å². The largest absolute Gasteiger partial charge is 0.477 e. The van der Waals surface area contributed by atoms with E-state index >= 15 is 0 Å². The van der Waals surface area contributed by atoms with Gasteiger partial charge in [0, 0.05) is 5.56 Å². The normalized spacial score (nSPS) is 11.0. The van der Waals surface area contributed by atoms with E-state index in [0.717, 1.165) is 43.0 Å². The van der Waals surface area contributed by atoms with Crippen molar-refractivity contribution < 1.29 is 9.90 Å². The Balaban J connectivity index is 2.29. The molecule has 1 aromatic carbocycles. The molecule has 5 heteroatoms. The second kappa shape index (κ2) is 8.06. The van der Waals surface area contributed by atoms with Gasteiger partial charge >= 0.3 is 5.97 Å². The van der Waals surface area contributed by atoms with Gasteiger partial charge in [0.15, 0.2) is 0 Å². The van der Waals surface area contributed by atoms with E-state index in [-0.39, 0.29) is 0 Å². The molecule has 0 amide bonds. The average molecular weight is 318 g/mol. The van der Waals surface area contributed by atoms with Gasteiger partial charge in [-0.1, -0.05) is 44.2 Å². The maximum atomic E-state index is 11.5. The monoisotopic (exact) mass is 318 g/mol. The van der Waals surface area contributed by atoms with Crippen molar-refractivity contribution in [3.63, 3.8) is 0 Å². The quantitative estimate of drug-likeness (QED) is 0.795. The van der Waals surface area contributed by atoms with Crippen molar-refractivity contribution in [2.45, 2.75) is 33.2 Å². The predicted octanol–water partition coefficient (Wildman–Crippen LogP) is 4.13. The summed E-state index contributed by atoms with van der Waals surface area (Å²) in [6.45, 7) is 7.05. The van der Waals surface area contributed by atoms with Crippen LogP contribution in [-0.4, -0.2) is 34.0 Å². The molecule has 118 valence electrons. The molecular weight excluding hydrogens is 296 g/mol. The van der Waals surface area contributed by atoms with E-state index in [4.69, 9.17) is 0 Å². The number of carbonyl (C=O) groups is 1. The first-order valence-electron chi connectivity index (χ1n) is 7.66. The molecule has 0 fully saturated rings. The highest BCUT2D eigenvalue weighted by atomic mass is 32.1. The van der Waals surface area contributed by atoms with E-state index in [0.29, 0.717) is 10.6 Å². The van der Waals surface area contributed by atoms with Crippen molar-refractivity contribution >= 4 is 17.3 Å². The maximum absolute atomic E-state index is 11.5. The molecule has 2 aromatic rings. The van der Waals surface area contributed by atoms with E-state index in [1.54, 1.807) is 0 Å². The zero-order valence-corrected chi connectivity index (χ0v) is 13.9. The molecular formula is C17H22N2O2S. The lowest BCUT2D eigenvalue weighted by Crippen LogP contribution is -2.24. The highest BCUT2D eigenvalue weighted by Crippen LogP contribution is 2.29. The Morgan fingerprint density at radius 2 is 1.82 bits per heavy atom. The molecule has 4 nitrogen and oxygen atoms in total. The molecule has 0 atom stereocenters. The molecule has 0 unspecified atom stereocenters. The number of thiazole rings is 1. The Bertz CT molecular complexity index is 604. The third kappa shape index (κ3) is 4.15. The Kier molecular flexibility index (Phi) is 6.10. The fourth-order valence-electron chi connectivity index (χ4n) is 2.46. The highest BCUT2D eigenvalue weighted by molar-refractivity contribution is 7.14. The summed E-state index contributed by atoms with van der Waals surface area (Å²) in [6, 6.07) is 9.53. The zero-order valence-electron chi connectivity index (χ0n) is 13.1. The van der Waals surface area contributed by atoms with Crippen molar-refractivity contribution in [1.82, 2.24) is 9.88 Å². The fraction of sp³-hybridized carbons (Fsp3) is 0.412. The van der Waals surface area contributed by atoms with Gasteiger partial charge < -0.3 is 5.11 Å². The van der Waals surface area contributed by atoms with E-state index < -0.39 is 5.97 Å². The molecule has 1 N–H and O–H groups in total. The van der Waals surface area contributed by atoms with Gasteiger partial charge in [-0.05, 0) is 25.9 Å². The summed E-state index contributed by atoms with van der Waals surface area (Å²) in [6.07, 6.45) is 2.17. The summed E-state index contributed by atoms with van der Waals surface area (Å²) in [5, 5.41) is 10.3. The Morgan fingerprint density at radius 1 is 1.18 bits per heavy atom. The summed E-state index contributed by atoms with van der Waals surface area (Å²) in [5.41, 5.74) is 1.45. The van der Waals surface area contributed by atoms with E-state index in [1.165, 1.54) is 11.3 Å². The Morgan fingerprint density at radius 3 is 2.36 bits per heavy atom. The third-order valence-electron chi connectivity index (χ3n) is 3.35. The molecule has 0 aliphatic carbocycles. The lowest BCUT2D eigenvalue weighted by molar-refractivity contribution is 0.0702. The molecule has 0 aliphatic rings. The molecule has 1 aromatic heterocycles. The summed E-state index contributed by atoms with van der Waals surface area (Å²) in [4.78, 5) is 18.8. The molecule has 0 aliphatic heterocycles. The summed E-state index contributed by atoms with van der Waals surface area (Å²) in [7, 11) is 0. The Hall–Kier alpha value is -1.72. The molecule has 2 rings (SSSR count). The van der Waals surface area contributed by atoms with Gasteiger partial charge in [-0.15, -0.1) is 11.3 Å². The minimum atomic E-state index is -0.903. The van der Waals surface area contributed by atoms with Crippen molar-refractivity contribution in [3.05, 3.63) is 40.2 Å². The molecule has 0 bridgehead atoms. The van der Waals surface area contributed by atoms with Crippen molar-refractivity contribution in [3.8, 4) is 11.3 Å². The van der Waals surface area contributed by atoms with Crippen LogP contribution < -0.4 is 0 Å². The van der Waals surface area contributed by atoms with Gasteiger partial charge in [-0.2, -0.15) is 0 Å². The first-order chi connectivity index (χ1) is 10.7. The fourth-order valence-corrected chi connectivity index (χ4v) is 3.43. The predicted molar refractivity (Wildman–Crippen MR) is 90.4 cm³/mol. The van der Waals surface area contributed by atoms with Crippen molar-refractivity contribution in [1.29, 1.82) is 0 Å². The smallest absolute Gasteiger partial charge is 0.348 e. The minimum absolute atomic E-state index is 0.328. The lowest BCUT2D eigenvalue weighted by atomic mass is 10.1. The number of aromatic nitrogens is 1. The van der Waals surface area contributed by atoms with E-state index in [1.807, 2.05) is 30.3 Å². The number of carboxylic acid groups (broad SMARTS) is 1. The second-order valence-electron chi connectivity index (χ2n) is 5.23. The number of hydrogen-bond donors (Lipinski definition) is 1. The van der Waals surface area contributed by atoms with Gasteiger partial charge in [-0.3, -0.25) is 4.90 Å². The standard InChI is InChI=1S/C17H22N2O2S/c1-3-10-19(11-4-2)12-14-18-15(16(22-14)17(20)21)13-8-6-5-7-9-13/h5-9H,3-4,10-12H2,1-2H3,(H,20,21). The first-order valence-corrected chi connectivity index (χ1v) is 8.48. The molecule has 0 saturated heterocycles. The zero-order chi connectivity index (χ0) is 15.9. The minimum Gasteiger partial charge on any atom is -0.477 e. The molecule has 1 heterocycles. The first kappa shape index (κ1) is 16.6. The van der Waals surface area contributed by atoms with Crippen LogP contribution in [-0.2, 0) is 6.54 Å². The number of carboxylic acids is 1. The van der Waals surface area contributed by atoms with Crippen LogP contribution in [0.4, 0.5) is 0 Å². The number of benzene rings is 1. The van der Waals surface area contributed by atoms with Gasteiger partial charge in [0.05, 0.1) is 12.2 Å². The SMILES string of the molecule is CCCN(CCC)Cc1nc(-c2ccccc2)c(C(=O)O)s1. The third-order valence-corrected chi connectivity index (χ3v) is 4.38. The van der Waals surface area contributed by atoms with Crippen LogP contribution in [0.25, 0.3) is 11.3 Å². The van der Waals surface area contributed by atoms with E-state index in [9.17, 15) is 9.90 Å². The van der Waals surface area contributed by atoms with Crippen LogP contribution in [0.2, 0.25) is 0 Å². The van der Waals surface area contributed by atoms with Crippen molar-refractivity contribution in [2.75, 3.05) is 13.1 Å². The second-order valence-corrected chi connectivity index (χ2v) is 6.32. The molecule has 22 heavy (non-hydrogen) atoms. The number of aromatic carboxylic acids is 1. The van der Waals surface area contributed by atoms with Gasteiger partial charge in [0.2, 0.25) is 0 Å². The molecule has 0 saturated carbocycles. The molecule has 0 spiro atoms. The summed E-state index contributed by atoms with van der Waals surface area (Å²) < 4.78 is 0. The van der Waals surface area contributed by atoms with Crippen LogP contribution in [0.5, 0.6) is 0 Å². The lowest BCUT2D eigenvalue weighted by Gasteiger charge is -2.19. The van der Waals surface area contributed by atoms with Gasteiger partial charge in [-0.25, -0.2) is 9.78 Å². The number of nitrogens with zero attached hydrogens (tertiary/aromatic N) is 2. The molecule has 0 radical (unpaired) electrons. The van der Waals surface area contributed by atoms with Gasteiger partial charge in [0.25, 0.3) is 0 Å². The number of rotatable bonds is 8. The van der Waals surface area contributed by atoms with Crippen molar-refractivity contribution in [2.24, 2.45) is 0 Å².